The standard InChI is InChI=1S/C18H20BrClN2O2S/c19-14-10-17(25-12-14)18(23)21-11-13-3-4-16(15(20)9-13)24-8-7-22-5-1-2-6-22/h3-4,9-10,12H,1-2,5-8,11H2,(H,21,23). The molecule has 134 valence electrons. The van der Waals surface area contributed by atoms with Crippen molar-refractivity contribution in [2.45, 2.75) is 19.4 Å². The van der Waals surface area contributed by atoms with Crippen molar-refractivity contribution in [2.75, 3.05) is 26.2 Å². The van der Waals surface area contributed by atoms with E-state index in [0.29, 0.717) is 28.8 Å². The molecule has 1 amide bonds. The highest BCUT2D eigenvalue weighted by Crippen LogP contribution is 2.26. The minimum Gasteiger partial charge on any atom is -0.491 e. The summed E-state index contributed by atoms with van der Waals surface area (Å²) in [5.41, 5.74) is 0.945. The minimum atomic E-state index is -0.0854. The second-order valence-corrected chi connectivity index (χ2v) is 8.21. The number of likely N-dealkylation sites (tertiary alicyclic amines) is 1. The SMILES string of the molecule is O=C(NCc1ccc(OCCN2CCCC2)c(Cl)c1)c1cc(Br)cs1. The Morgan fingerprint density at radius 2 is 2.12 bits per heavy atom. The maximum Gasteiger partial charge on any atom is 0.261 e. The number of ether oxygens (including phenoxy) is 1. The number of nitrogens with one attached hydrogen (secondary N) is 1. The second kappa shape index (κ2) is 9.03. The van der Waals surface area contributed by atoms with Gasteiger partial charge in [0.05, 0.1) is 9.90 Å². The molecule has 0 saturated carbocycles. The Hall–Kier alpha value is -1.08. The molecule has 0 spiro atoms. The number of carbonyl (C=O) groups is 1. The van der Waals surface area contributed by atoms with E-state index in [1.165, 1.54) is 24.2 Å². The van der Waals surface area contributed by atoms with Gasteiger partial charge in [-0.05, 0) is 65.6 Å². The number of thiophene rings is 1. The van der Waals surface area contributed by atoms with Crippen LogP contribution in [-0.4, -0.2) is 37.0 Å². The third kappa shape index (κ3) is 5.45. The predicted molar refractivity (Wildman–Crippen MR) is 106 cm³/mol. The van der Waals surface area contributed by atoms with Gasteiger partial charge in [0.15, 0.2) is 0 Å². The molecule has 1 aliphatic heterocycles. The van der Waals surface area contributed by atoms with E-state index in [4.69, 9.17) is 16.3 Å². The number of amides is 1. The highest BCUT2D eigenvalue weighted by molar-refractivity contribution is 9.10. The van der Waals surface area contributed by atoms with Gasteiger partial charge in [-0.15, -0.1) is 11.3 Å². The number of nitrogens with zero attached hydrogens (tertiary/aromatic N) is 1. The molecule has 0 bridgehead atoms. The molecule has 1 saturated heterocycles. The maximum absolute atomic E-state index is 12.1. The molecule has 0 atom stereocenters. The van der Waals surface area contributed by atoms with Crippen LogP contribution < -0.4 is 10.1 Å². The fourth-order valence-corrected chi connectivity index (χ4v) is 4.36. The van der Waals surface area contributed by atoms with Gasteiger partial charge in [0.2, 0.25) is 0 Å². The van der Waals surface area contributed by atoms with Crippen LogP contribution in [-0.2, 0) is 6.54 Å². The van der Waals surface area contributed by atoms with Crippen LogP contribution in [0.25, 0.3) is 0 Å². The van der Waals surface area contributed by atoms with Crippen LogP contribution in [0.3, 0.4) is 0 Å². The summed E-state index contributed by atoms with van der Waals surface area (Å²) in [4.78, 5) is 15.2. The summed E-state index contributed by atoms with van der Waals surface area (Å²) >= 11 is 11.1. The third-order valence-electron chi connectivity index (χ3n) is 4.10. The number of hydrogen-bond acceptors (Lipinski definition) is 4. The molecule has 4 nitrogen and oxygen atoms in total. The van der Waals surface area contributed by atoms with E-state index in [0.717, 1.165) is 29.7 Å². The molecule has 1 aromatic carbocycles. The van der Waals surface area contributed by atoms with Gasteiger partial charge < -0.3 is 10.1 Å². The zero-order chi connectivity index (χ0) is 17.6. The van der Waals surface area contributed by atoms with E-state index in [1.54, 1.807) is 0 Å². The molecule has 1 N–H and O–H groups in total. The highest BCUT2D eigenvalue weighted by atomic mass is 79.9. The van der Waals surface area contributed by atoms with Crippen molar-refractivity contribution >= 4 is 44.8 Å². The fraction of sp³-hybridized carbons (Fsp3) is 0.389. The molecule has 1 fully saturated rings. The second-order valence-electron chi connectivity index (χ2n) is 5.97. The van der Waals surface area contributed by atoms with Crippen molar-refractivity contribution in [2.24, 2.45) is 0 Å². The monoisotopic (exact) mass is 442 g/mol. The maximum atomic E-state index is 12.1. The average molecular weight is 444 g/mol. The van der Waals surface area contributed by atoms with Gasteiger partial charge in [-0.3, -0.25) is 9.69 Å². The van der Waals surface area contributed by atoms with Crippen molar-refractivity contribution in [3.8, 4) is 5.75 Å². The van der Waals surface area contributed by atoms with Crippen molar-refractivity contribution in [1.29, 1.82) is 0 Å². The molecule has 0 unspecified atom stereocenters. The van der Waals surface area contributed by atoms with Crippen LogP contribution in [0.15, 0.2) is 34.1 Å². The molecular weight excluding hydrogens is 424 g/mol. The summed E-state index contributed by atoms with van der Waals surface area (Å²) in [6.45, 7) is 4.34. The van der Waals surface area contributed by atoms with Gasteiger partial charge in [0, 0.05) is 22.9 Å². The Morgan fingerprint density at radius 1 is 1.32 bits per heavy atom. The quantitative estimate of drug-likeness (QED) is 0.681. The summed E-state index contributed by atoms with van der Waals surface area (Å²) in [5.74, 6) is 0.607. The number of carbonyl (C=O) groups excluding carboxylic acids is 1. The Morgan fingerprint density at radius 3 is 2.80 bits per heavy atom. The van der Waals surface area contributed by atoms with Crippen molar-refractivity contribution in [1.82, 2.24) is 10.2 Å². The molecule has 0 radical (unpaired) electrons. The van der Waals surface area contributed by atoms with E-state index >= 15 is 0 Å². The molecule has 25 heavy (non-hydrogen) atoms. The largest absolute Gasteiger partial charge is 0.491 e. The van der Waals surface area contributed by atoms with Crippen molar-refractivity contribution < 1.29 is 9.53 Å². The van der Waals surface area contributed by atoms with Gasteiger partial charge in [-0.25, -0.2) is 0 Å². The lowest BCUT2D eigenvalue weighted by Gasteiger charge is -2.15. The normalized spacial score (nSPS) is 14.6. The van der Waals surface area contributed by atoms with E-state index in [9.17, 15) is 4.79 Å². The van der Waals surface area contributed by atoms with Gasteiger partial charge in [0.1, 0.15) is 12.4 Å². The zero-order valence-corrected chi connectivity index (χ0v) is 16.9. The van der Waals surface area contributed by atoms with Crippen LogP contribution in [0, 0.1) is 0 Å². The first-order valence-electron chi connectivity index (χ1n) is 8.27. The molecule has 1 aromatic heterocycles. The molecule has 2 heterocycles. The number of benzene rings is 1. The smallest absolute Gasteiger partial charge is 0.261 e. The van der Waals surface area contributed by atoms with Gasteiger partial charge in [-0.1, -0.05) is 17.7 Å². The predicted octanol–water partition coefficient (Wildman–Crippen LogP) is 4.57. The fourth-order valence-electron chi connectivity index (χ4n) is 2.76. The Balaban J connectivity index is 1.48. The average Bonchev–Trinajstić information content (AvgIpc) is 3.26. The van der Waals surface area contributed by atoms with Gasteiger partial charge in [-0.2, -0.15) is 0 Å². The molecule has 1 aliphatic rings. The topological polar surface area (TPSA) is 41.6 Å². The summed E-state index contributed by atoms with van der Waals surface area (Å²) < 4.78 is 6.70. The van der Waals surface area contributed by atoms with Crippen LogP contribution in [0.4, 0.5) is 0 Å². The van der Waals surface area contributed by atoms with Crippen LogP contribution in [0.5, 0.6) is 5.75 Å². The van der Waals surface area contributed by atoms with Crippen LogP contribution in [0.2, 0.25) is 5.02 Å². The minimum absolute atomic E-state index is 0.0854. The van der Waals surface area contributed by atoms with Crippen LogP contribution >= 0.6 is 38.9 Å². The molecule has 2 aromatic rings. The molecular formula is C18H20BrClN2O2S. The van der Waals surface area contributed by atoms with Gasteiger partial charge in [0.25, 0.3) is 5.91 Å². The number of hydrogen-bond donors (Lipinski definition) is 1. The summed E-state index contributed by atoms with van der Waals surface area (Å²) in [5, 5.41) is 5.36. The van der Waals surface area contributed by atoms with E-state index in [2.05, 4.69) is 26.1 Å². The van der Waals surface area contributed by atoms with Crippen molar-refractivity contribution in [3.63, 3.8) is 0 Å². The Bertz CT molecular complexity index is 732. The number of halogens is 2. The zero-order valence-electron chi connectivity index (χ0n) is 13.8. The van der Waals surface area contributed by atoms with E-state index in [1.807, 2.05) is 29.6 Å². The Kier molecular flexibility index (Phi) is 6.76. The molecule has 3 rings (SSSR count). The van der Waals surface area contributed by atoms with Crippen LogP contribution in [0.1, 0.15) is 28.1 Å². The number of rotatable bonds is 7. The summed E-state index contributed by atoms with van der Waals surface area (Å²) in [6, 6.07) is 7.46. The molecule has 7 heteroatoms. The highest BCUT2D eigenvalue weighted by Gasteiger charge is 2.12. The lowest BCUT2D eigenvalue weighted by atomic mass is 10.2. The molecule has 0 aliphatic carbocycles. The van der Waals surface area contributed by atoms with E-state index < -0.39 is 0 Å². The first-order valence-corrected chi connectivity index (χ1v) is 10.3. The van der Waals surface area contributed by atoms with E-state index in [-0.39, 0.29) is 5.91 Å². The summed E-state index contributed by atoms with van der Waals surface area (Å²) in [6.07, 6.45) is 2.56. The lowest BCUT2D eigenvalue weighted by molar-refractivity contribution is 0.0955. The van der Waals surface area contributed by atoms with Crippen molar-refractivity contribution in [3.05, 3.63) is 49.6 Å². The third-order valence-corrected chi connectivity index (χ3v) is 6.09. The van der Waals surface area contributed by atoms with Gasteiger partial charge >= 0.3 is 0 Å². The summed E-state index contributed by atoms with van der Waals surface area (Å²) in [7, 11) is 0. The lowest BCUT2D eigenvalue weighted by Crippen LogP contribution is -2.25. The Labute approximate surface area is 165 Å². The first kappa shape index (κ1) is 18.7. The first-order chi connectivity index (χ1) is 12.1.